The second-order valence-corrected chi connectivity index (χ2v) is 10.7. The number of pyridine rings is 1. The normalized spacial score (nSPS) is 17.5. The van der Waals surface area contributed by atoms with Crippen LogP contribution in [0.3, 0.4) is 0 Å². The highest BCUT2D eigenvalue weighted by Gasteiger charge is 2.33. The van der Waals surface area contributed by atoms with Crippen molar-refractivity contribution in [2.75, 3.05) is 24.7 Å². The number of para-hydroxylation sites is 1. The van der Waals surface area contributed by atoms with Crippen molar-refractivity contribution in [2.24, 2.45) is 0 Å². The van der Waals surface area contributed by atoms with E-state index in [9.17, 15) is 13.2 Å². The molecule has 3 aromatic rings. The summed E-state index contributed by atoms with van der Waals surface area (Å²) >= 11 is 0. The molecule has 0 radical (unpaired) electrons. The molecule has 1 aromatic heterocycles. The third kappa shape index (κ3) is 5.09. The smallest absolute Gasteiger partial charge is 0.340 e. The SMILES string of the molecule is CCCN(Cc1nc2ccccc2c(-c2ccccc2)c1C(=O)OCC)C1CCS(=O)(=O)C1. The number of ether oxygens (including phenoxy) is 1. The van der Waals surface area contributed by atoms with Crippen LogP contribution in [0.15, 0.2) is 54.6 Å². The molecule has 1 saturated heterocycles. The van der Waals surface area contributed by atoms with Gasteiger partial charge in [-0.15, -0.1) is 0 Å². The Hall–Kier alpha value is -2.77. The van der Waals surface area contributed by atoms with Gasteiger partial charge in [0.1, 0.15) is 0 Å². The van der Waals surface area contributed by atoms with Crippen LogP contribution < -0.4 is 0 Å². The molecule has 0 spiro atoms. The first-order valence-electron chi connectivity index (χ1n) is 11.5. The van der Waals surface area contributed by atoms with Crippen LogP contribution in [0.5, 0.6) is 0 Å². The lowest BCUT2D eigenvalue weighted by molar-refractivity contribution is 0.0523. The predicted molar refractivity (Wildman–Crippen MR) is 131 cm³/mol. The summed E-state index contributed by atoms with van der Waals surface area (Å²) < 4.78 is 29.8. The van der Waals surface area contributed by atoms with Gasteiger partial charge in [0, 0.05) is 23.5 Å². The standard InChI is InChI=1S/C26H30N2O4S/c1-3-15-28(20-14-16-33(30,31)18-20)17-23-25(26(29)32-4-2)24(19-10-6-5-7-11-19)21-12-8-9-13-22(21)27-23/h5-13,20H,3-4,14-18H2,1-2H3. The lowest BCUT2D eigenvalue weighted by Crippen LogP contribution is -2.37. The predicted octanol–water partition coefficient (Wildman–Crippen LogP) is 4.48. The Labute approximate surface area is 195 Å². The van der Waals surface area contributed by atoms with Crippen molar-refractivity contribution in [3.05, 3.63) is 65.9 Å². The first-order chi connectivity index (χ1) is 15.9. The molecule has 0 saturated carbocycles. The Morgan fingerprint density at radius 3 is 2.48 bits per heavy atom. The van der Waals surface area contributed by atoms with Crippen LogP contribution >= 0.6 is 0 Å². The molecule has 4 rings (SSSR count). The zero-order valence-corrected chi connectivity index (χ0v) is 20.0. The van der Waals surface area contributed by atoms with Gasteiger partial charge < -0.3 is 4.74 Å². The average Bonchev–Trinajstić information content (AvgIpc) is 3.18. The molecule has 1 aliphatic heterocycles. The zero-order valence-electron chi connectivity index (χ0n) is 19.2. The molecule has 2 aromatic carbocycles. The number of hydrogen-bond donors (Lipinski definition) is 0. The molecule has 0 amide bonds. The molecule has 2 heterocycles. The maximum atomic E-state index is 13.3. The topological polar surface area (TPSA) is 76.6 Å². The van der Waals surface area contributed by atoms with Gasteiger partial charge >= 0.3 is 5.97 Å². The van der Waals surface area contributed by atoms with Crippen molar-refractivity contribution in [1.29, 1.82) is 0 Å². The van der Waals surface area contributed by atoms with Gasteiger partial charge in [0.05, 0.1) is 34.9 Å². The van der Waals surface area contributed by atoms with Gasteiger partial charge in [0.15, 0.2) is 9.84 Å². The minimum Gasteiger partial charge on any atom is -0.462 e. The number of aromatic nitrogens is 1. The Morgan fingerprint density at radius 1 is 1.09 bits per heavy atom. The summed E-state index contributed by atoms with van der Waals surface area (Å²) in [5, 5.41) is 0.890. The third-order valence-electron chi connectivity index (χ3n) is 6.10. The molecule has 6 nitrogen and oxygen atoms in total. The van der Waals surface area contributed by atoms with Crippen LogP contribution in [0.1, 0.15) is 42.7 Å². The summed E-state index contributed by atoms with van der Waals surface area (Å²) in [6, 6.07) is 17.6. The number of rotatable bonds is 8. The molecule has 33 heavy (non-hydrogen) atoms. The fraction of sp³-hybridized carbons (Fsp3) is 0.385. The van der Waals surface area contributed by atoms with Gasteiger partial charge in [-0.3, -0.25) is 9.88 Å². The highest BCUT2D eigenvalue weighted by molar-refractivity contribution is 7.91. The number of carbonyl (C=O) groups excluding carboxylic acids is 1. The fourth-order valence-corrected chi connectivity index (χ4v) is 6.40. The Kier molecular flexibility index (Phi) is 7.10. The molecule has 7 heteroatoms. The van der Waals surface area contributed by atoms with Crippen LogP contribution in [0, 0.1) is 0 Å². The van der Waals surface area contributed by atoms with Gasteiger partial charge in [-0.1, -0.05) is 55.5 Å². The maximum absolute atomic E-state index is 13.3. The average molecular weight is 467 g/mol. The van der Waals surface area contributed by atoms with Crippen molar-refractivity contribution in [2.45, 2.75) is 39.3 Å². The number of esters is 1. The van der Waals surface area contributed by atoms with Gasteiger partial charge in [0.2, 0.25) is 0 Å². The summed E-state index contributed by atoms with van der Waals surface area (Å²) in [5.74, 6) is -0.0377. The first kappa shape index (κ1) is 23.4. The molecule has 0 aliphatic carbocycles. The van der Waals surface area contributed by atoms with E-state index >= 15 is 0 Å². The van der Waals surface area contributed by atoms with E-state index in [-0.39, 0.29) is 24.2 Å². The second kappa shape index (κ2) is 10.0. The number of hydrogen-bond acceptors (Lipinski definition) is 6. The van der Waals surface area contributed by atoms with Gasteiger partial charge in [-0.05, 0) is 37.9 Å². The van der Waals surface area contributed by atoms with E-state index in [1.807, 2.05) is 54.6 Å². The van der Waals surface area contributed by atoms with E-state index < -0.39 is 15.8 Å². The third-order valence-corrected chi connectivity index (χ3v) is 7.85. The van der Waals surface area contributed by atoms with Crippen molar-refractivity contribution in [3.8, 4) is 11.1 Å². The van der Waals surface area contributed by atoms with E-state index in [1.165, 1.54) is 0 Å². The van der Waals surface area contributed by atoms with E-state index in [0.29, 0.717) is 24.2 Å². The van der Waals surface area contributed by atoms with Crippen LogP contribution in [0.2, 0.25) is 0 Å². The minimum absolute atomic E-state index is 0.0709. The lowest BCUT2D eigenvalue weighted by Gasteiger charge is -2.28. The molecule has 1 aliphatic rings. The van der Waals surface area contributed by atoms with Crippen LogP contribution in [-0.4, -0.2) is 55.0 Å². The maximum Gasteiger partial charge on any atom is 0.340 e. The van der Waals surface area contributed by atoms with Crippen LogP contribution in [-0.2, 0) is 21.1 Å². The van der Waals surface area contributed by atoms with Crippen molar-refractivity contribution in [3.63, 3.8) is 0 Å². The molecule has 1 unspecified atom stereocenters. The molecule has 1 fully saturated rings. The number of sulfone groups is 1. The van der Waals surface area contributed by atoms with E-state index in [2.05, 4.69) is 11.8 Å². The quantitative estimate of drug-likeness (QED) is 0.456. The van der Waals surface area contributed by atoms with Crippen molar-refractivity contribution >= 4 is 26.7 Å². The number of nitrogens with zero attached hydrogens (tertiary/aromatic N) is 2. The molecule has 1 atom stereocenters. The number of carbonyl (C=O) groups is 1. The molecule has 0 bridgehead atoms. The molecule has 174 valence electrons. The van der Waals surface area contributed by atoms with Crippen LogP contribution in [0.4, 0.5) is 0 Å². The summed E-state index contributed by atoms with van der Waals surface area (Å²) in [5.41, 5.74) is 3.62. The summed E-state index contributed by atoms with van der Waals surface area (Å²) in [4.78, 5) is 20.4. The largest absolute Gasteiger partial charge is 0.462 e. The molecular weight excluding hydrogens is 436 g/mol. The fourth-order valence-electron chi connectivity index (χ4n) is 4.64. The summed E-state index contributed by atoms with van der Waals surface area (Å²) in [6.45, 7) is 5.26. The highest BCUT2D eigenvalue weighted by atomic mass is 32.2. The Bertz CT molecular complexity index is 1240. The van der Waals surface area contributed by atoms with Gasteiger partial charge in [-0.25, -0.2) is 13.2 Å². The highest BCUT2D eigenvalue weighted by Crippen LogP contribution is 2.34. The minimum atomic E-state index is -3.03. The van der Waals surface area contributed by atoms with Crippen molar-refractivity contribution < 1.29 is 17.9 Å². The van der Waals surface area contributed by atoms with Crippen LogP contribution in [0.25, 0.3) is 22.0 Å². The second-order valence-electron chi connectivity index (χ2n) is 8.44. The van der Waals surface area contributed by atoms with Crippen molar-refractivity contribution in [1.82, 2.24) is 9.88 Å². The van der Waals surface area contributed by atoms with E-state index in [0.717, 1.165) is 35.0 Å². The number of fused-ring (bicyclic) bond motifs is 1. The van der Waals surface area contributed by atoms with Gasteiger partial charge in [-0.2, -0.15) is 0 Å². The Morgan fingerprint density at radius 2 is 1.82 bits per heavy atom. The van der Waals surface area contributed by atoms with E-state index in [4.69, 9.17) is 9.72 Å². The summed E-state index contributed by atoms with van der Waals surface area (Å²) in [6.07, 6.45) is 1.49. The zero-order chi connectivity index (χ0) is 23.4. The lowest BCUT2D eigenvalue weighted by atomic mass is 9.93. The number of benzene rings is 2. The summed E-state index contributed by atoms with van der Waals surface area (Å²) in [7, 11) is -3.03. The molecule has 0 N–H and O–H groups in total. The first-order valence-corrected chi connectivity index (χ1v) is 13.3. The van der Waals surface area contributed by atoms with Gasteiger partial charge in [0.25, 0.3) is 0 Å². The monoisotopic (exact) mass is 466 g/mol. The Balaban J connectivity index is 1.89. The molecular formula is C26H30N2O4S. The van der Waals surface area contributed by atoms with E-state index in [1.54, 1.807) is 6.92 Å².